The summed E-state index contributed by atoms with van der Waals surface area (Å²) < 4.78 is 0. The van der Waals surface area contributed by atoms with Gasteiger partial charge in [0, 0.05) is 52.2 Å². The molecule has 0 bridgehead atoms. The van der Waals surface area contributed by atoms with Gasteiger partial charge in [0.25, 0.3) is 0 Å². The Morgan fingerprint density at radius 2 is 1.03 bits per heavy atom. The van der Waals surface area contributed by atoms with E-state index in [9.17, 15) is 34.4 Å². The molecule has 0 saturated heterocycles. The topological polar surface area (TPSA) is 206 Å². The van der Waals surface area contributed by atoms with Crippen LogP contribution in [0.15, 0.2) is 36.5 Å². The van der Waals surface area contributed by atoms with Gasteiger partial charge in [-0.2, -0.15) is 0 Å². The van der Waals surface area contributed by atoms with Gasteiger partial charge < -0.3 is 16.4 Å². The molecule has 0 heterocycles. The molecular weight excluding hydrogens is 476 g/mol. The van der Waals surface area contributed by atoms with E-state index in [0.717, 1.165) is 0 Å². The fourth-order valence-electron chi connectivity index (χ4n) is 2.34. The molecule has 0 aromatic rings. The van der Waals surface area contributed by atoms with Crippen molar-refractivity contribution in [2.24, 2.45) is 5.73 Å². The van der Waals surface area contributed by atoms with Crippen molar-refractivity contribution < 1.29 is 39.6 Å². The van der Waals surface area contributed by atoms with Crippen LogP contribution in [-0.2, 0) is 24.0 Å². The summed E-state index contributed by atoms with van der Waals surface area (Å²) in [7, 11) is 0. The monoisotopic (exact) mass is 512 g/mol. The van der Waals surface area contributed by atoms with Crippen LogP contribution in [0.25, 0.3) is 0 Å². The Hall–Kier alpha value is -3.59. The Labute approximate surface area is 209 Å². The van der Waals surface area contributed by atoms with Gasteiger partial charge in [-0.05, 0) is 0 Å². The molecule has 0 aliphatic rings. The summed E-state index contributed by atoms with van der Waals surface area (Å²) in [5.74, 6) is -2.61. The summed E-state index contributed by atoms with van der Waals surface area (Å²) in [6.07, 6.45) is 8.43. The number of hydrogen-bond acceptors (Lipinski definition) is 9. The maximum Gasteiger partial charge on any atom is 0.246 e. The summed E-state index contributed by atoms with van der Waals surface area (Å²) in [4.78, 5) is 57.8. The lowest BCUT2D eigenvalue weighted by Crippen LogP contribution is -2.31. The minimum absolute atomic E-state index is 0.0174. The molecule has 36 heavy (non-hydrogen) atoms. The van der Waals surface area contributed by atoms with Crippen LogP contribution in [0.3, 0.4) is 0 Å². The van der Waals surface area contributed by atoms with E-state index in [1.807, 2.05) is 0 Å². The van der Waals surface area contributed by atoms with Crippen LogP contribution in [-0.4, -0.2) is 99.6 Å². The fraction of sp³-hybridized carbons (Fsp3) is 0.500. The van der Waals surface area contributed by atoms with E-state index in [-0.39, 0.29) is 65.0 Å². The van der Waals surface area contributed by atoms with Crippen LogP contribution in [0.1, 0.15) is 32.6 Å². The maximum absolute atomic E-state index is 11.9. The molecule has 14 nitrogen and oxygen atoms in total. The van der Waals surface area contributed by atoms with E-state index in [1.165, 1.54) is 37.3 Å². The molecule has 0 aliphatic heterocycles. The number of carbonyl (C=O) groups is 5. The third-order valence-electron chi connectivity index (χ3n) is 4.38. The Balaban J connectivity index is 4.01. The van der Waals surface area contributed by atoms with Crippen LogP contribution in [0.5, 0.6) is 0 Å². The summed E-state index contributed by atoms with van der Waals surface area (Å²) >= 11 is 0. The number of nitrogens with one attached hydrogen (secondary N) is 2. The number of carbonyl (C=O) groups excluding carboxylic acids is 5. The first-order chi connectivity index (χ1) is 17.1. The number of rotatable bonds is 17. The molecule has 0 saturated carbocycles. The van der Waals surface area contributed by atoms with Crippen molar-refractivity contribution in [3.05, 3.63) is 36.5 Å². The van der Waals surface area contributed by atoms with Crippen molar-refractivity contribution in [1.29, 1.82) is 0 Å². The first-order valence-electron chi connectivity index (χ1n) is 11.2. The third-order valence-corrected chi connectivity index (χ3v) is 4.38. The van der Waals surface area contributed by atoms with Crippen molar-refractivity contribution in [2.45, 2.75) is 32.6 Å². The van der Waals surface area contributed by atoms with Gasteiger partial charge in [-0.25, -0.2) is 15.2 Å². The second kappa shape index (κ2) is 19.7. The van der Waals surface area contributed by atoms with E-state index < -0.39 is 29.5 Å². The van der Waals surface area contributed by atoms with E-state index in [4.69, 9.17) is 10.9 Å². The number of hydroxylamine groups is 6. The Kier molecular flexibility index (Phi) is 17.7. The minimum atomic E-state index is -0.667. The molecule has 202 valence electrons. The molecule has 0 fully saturated rings. The molecule has 0 aromatic carbocycles. The van der Waals surface area contributed by atoms with Gasteiger partial charge in [-0.1, -0.05) is 36.5 Å². The molecule has 5 amide bonds. The molecule has 0 atom stereocenters. The molecule has 0 aromatic heterocycles. The summed E-state index contributed by atoms with van der Waals surface area (Å²) in [5.41, 5.74) is 5.25. The lowest BCUT2D eigenvalue weighted by molar-refractivity contribution is -0.163. The lowest BCUT2D eigenvalue weighted by atomic mass is 10.2. The van der Waals surface area contributed by atoms with Crippen LogP contribution >= 0.6 is 0 Å². The molecule has 0 rings (SSSR count). The zero-order chi connectivity index (χ0) is 27.3. The average molecular weight is 513 g/mol. The molecular formula is C22H36N6O8. The average Bonchev–Trinajstić information content (AvgIpc) is 2.84. The summed E-state index contributed by atoms with van der Waals surface area (Å²) in [6.45, 7) is 1.55. The molecule has 0 radical (unpaired) electrons. The minimum Gasteiger partial charge on any atom is -0.353 e. The van der Waals surface area contributed by atoms with Crippen LogP contribution in [0.4, 0.5) is 0 Å². The highest BCUT2D eigenvalue weighted by atomic mass is 16.5. The normalized spacial score (nSPS) is 11.1. The van der Waals surface area contributed by atoms with Crippen molar-refractivity contribution >= 4 is 29.5 Å². The Morgan fingerprint density at radius 3 is 1.42 bits per heavy atom. The first kappa shape index (κ1) is 32.4. The molecule has 14 heteroatoms. The Bertz CT molecular complexity index is 814. The standard InChI is InChI=1S/C22H36N6O8/c1-18(29)26(34)15-6-3-13-24-19(30)9-11-22(33)28(36)17-7-4-14-25-20(31)8-10-21(32)27(35)16-5-2-12-23/h2-7,34-36H,8-17,23H2,1H3,(H,24,30)(H,25,31). The maximum atomic E-state index is 11.9. The second-order valence-corrected chi connectivity index (χ2v) is 7.31. The van der Waals surface area contributed by atoms with E-state index in [2.05, 4.69) is 10.6 Å². The number of amides is 5. The molecule has 7 N–H and O–H groups in total. The SMILES string of the molecule is CC(=O)N(O)CC=CCNC(=O)CCC(=O)N(O)CC=CCNC(=O)CCC(=O)N(O)CC=CCN. The predicted molar refractivity (Wildman–Crippen MR) is 127 cm³/mol. The van der Waals surface area contributed by atoms with Crippen LogP contribution in [0, 0.1) is 0 Å². The molecule has 0 spiro atoms. The summed E-state index contributed by atoms with van der Waals surface area (Å²) in [5, 5.41) is 34.9. The smallest absolute Gasteiger partial charge is 0.246 e. The predicted octanol–water partition coefficient (Wildman–Crippen LogP) is -0.920. The van der Waals surface area contributed by atoms with Crippen LogP contribution in [0.2, 0.25) is 0 Å². The van der Waals surface area contributed by atoms with E-state index in [1.54, 1.807) is 6.08 Å². The zero-order valence-corrected chi connectivity index (χ0v) is 20.3. The van der Waals surface area contributed by atoms with Crippen molar-refractivity contribution in [1.82, 2.24) is 25.8 Å². The van der Waals surface area contributed by atoms with E-state index >= 15 is 0 Å². The highest BCUT2D eigenvalue weighted by molar-refractivity contribution is 5.84. The largest absolute Gasteiger partial charge is 0.353 e. The quantitative estimate of drug-likeness (QED) is 0.0808. The van der Waals surface area contributed by atoms with Gasteiger partial charge in [0.15, 0.2) is 0 Å². The fourth-order valence-corrected chi connectivity index (χ4v) is 2.34. The van der Waals surface area contributed by atoms with Gasteiger partial charge in [0.05, 0.1) is 19.6 Å². The highest BCUT2D eigenvalue weighted by Crippen LogP contribution is 1.97. The zero-order valence-electron chi connectivity index (χ0n) is 20.3. The highest BCUT2D eigenvalue weighted by Gasteiger charge is 2.13. The van der Waals surface area contributed by atoms with Crippen LogP contribution < -0.4 is 16.4 Å². The van der Waals surface area contributed by atoms with Gasteiger partial charge in [0.1, 0.15) is 0 Å². The molecule has 0 aliphatic carbocycles. The first-order valence-corrected chi connectivity index (χ1v) is 11.2. The van der Waals surface area contributed by atoms with Gasteiger partial charge in [-0.3, -0.25) is 39.6 Å². The Morgan fingerprint density at radius 1 is 0.639 bits per heavy atom. The second-order valence-electron chi connectivity index (χ2n) is 7.31. The third kappa shape index (κ3) is 16.9. The number of nitrogens with two attached hydrogens (primary N) is 1. The van der Waals surface area contributed by atoms with E-state index in [0.29, 0.717) is 15.2 Å². The van der Waals surface area contributed by atoms with Gasteiger partial charge in [-0.15, -0.1) is 0 Å². The van der Waals surface area contributed by atoms with Gasteiger partial charge >= 0.3 is 0 Å². The van der Waals surface area contributed by atoms with Crippen molar-refractivity contribution in [3.8, 4) is 0 Å². The number of hydrogen-bond donors (Lipinski definition) is 6. The molecule has 0 unspecified atom stereocenters. The van der Waals surface area contributed by atoms with Crippen molar-refractivity contribution in [3.63, 3.8) is 0 Å². The van der Waals surface area contributed by atoms with Crippen molar-refractivity contribution in [2.75, 3.05) is 39.3 Å². The summed E-state index contributed by atoms with van der Waals surface area (Å²) in [6, 6.07) is 0. The lowest BCUT2D eigenvalue weighted by Gasteiger charge is -2.13. The number of nitrogens with zero attached hydrogens (tertiary/aromatic N) is 3. The van der Waals surface area contributed by atoms with Gasteiger partial charge in [0.2, 0.25) is 29.5 Å².